The van der Waals surface area contributed by atoms with Crippen LogP contribution in [0.15, 0.2) is 40.9 Å². The number of thiophene rings is 1. The molecule has 1 aliphatic heterocycles. The number of benzene rings is 1. The number of fused-ring (bicyclic) bond motifs is 1. The van der Waals surface area contributed by atoms with Gasteiger partial charge in [-0.1, -0.05) is 17.3 Å². The van der Waals surface area contributed by atoms with Crippen LogP contribution in [0.2, 0.25) is 0 Å². The molecule has 4 heterocycles. The highest BCUT2D eigenvalue weighted by Crippen LogP contribution is 2.33. The van der Waals surface area contributed by atoms with Crippen LogP contribution in [-0.2, 0) is 0 Å². The molecule has 3 aromatic heterocycles. The Kier molecular flexibility index (Phi) is 5.91. The van der Waals surface area contributed by atoms with E-state index in [2.05, 4.69) is 21.5 Å². The number of nitrogens with one attached hydrogen (secondary N) is 1. The summed E-state index contributed by atoms with van der Waals surface area (Å²) in [6.07, 6.45) is 3.16. The number of likely N-dealkylation sites (tertiary alicyclic amines) is 1. The van der Waals surface area contributed by atoms with E-state index in [0.29, 0.717) is 39.3 Å². The summed E-state index contributed by atoms with van der Waals surface area (Å²) in [5, 5.41) is 7.59. The zero-order valence-corrected chi connectivity index (χ0v) is 20.3. The fourth-order valence-corrected chi connectivity index (χ4v) is 5.47. The number of carbonyl (C=O) groups excluding carboxylic acids is 2. The molecule has 0 unspecified atom stereocenters. The van der Waals surface area contributed by atoms with E-state index in [0.717, 1.165) is 42.8 Å². The SMILES string of the molecule is Cc1cc(-c2cc(C(=O)Nc3ccccc3C(=O)N3CCCCC3)c3c(C)noc3n2)c(C)s1. The van der Waals surface area contributed by atoms with Crippen LogP contribution in [-0.4, -0.2) is 39.9 Å². The minimum absolute atomic E-state index is 0.0540. The second kappa shape index (κ2) is 9.02. The van der Waals surface area contributed by atoms with Crippen LogP contribution in [0, 0.1) is 20.8 Å². The highest BCUT2D eigenvalue weighted by atomic mass is 32.1. The number of hydrogen-bond donors (Lipinski definition) is 1. The van der Waals surface area contributed by atoms with Gasteiger partial charge in [0.2, 0.25) is 0 Å². The summed E-state index contributed by atoms with van der Waals surface area (Å²) >= 11 is 1.68. The van der Waals surface area contributed by atoms with Crippen LogP contribution < -0.4 is 5.32 Å². The van der Waals surface area contributed by atoms with Crippen LogP contribution >= 0.6 is 11.3 Å². The van der Waals surface area contributed by atoms with Crippen molar-refractivity contribution in [2.45, 2.75) is 40.0 Å². The Morgan fingerprint density at radius 3 is 2.53 bits per heavy atom. The Hall–Kier alpha value is -3.52. The lowest BCUT2D eigenvalue weighted by Gasteiger charge is -2.27. The number of pyridine rings is 1. The largest absolute Gasteiger partial charge is 0.339 e. The van der Waals surface area contributed by atoms with Crippen molar-refractivity contribution in [3.8, 4) is 11.3 Å². The Morgan fingerprint density at radius 2 is 1.79 bits per heavy atom. The molecule has 174 valence electrons. The highest BCUT2D eigenvalue weighted by Gasteiger charge is 2.24. The second-order valence-corrected chi connectivity index (χ2v) is 10.1. The van der Waals surface area contributed by atoms with Crippen LogP contribution in [0.5, 0.6) is 0 Å². The van der Waals surface area contributed by atoms with Gasteiger partial charge in [0, 0.05) is 28.4 Å². The zero-order valence-electron chi connectivity index (χ0n) is 19.5. The van der Waals surface area contributed by atoms with Gasteiger partial charge in [-0.25, -0.2) is 4.98 Å². The van der Waals surface area contributed by atoms with Crippen molar-refractivity contribution in [3.63, 3.8) is 0 Å². The molecule has 0 bridgehead atoms. The molecule has 1 saturated heterocycles. The van der Waals surface area contributed by atoms with Gasteiger partial charge in [-0.15, -0.1) is 11.3 Å². The minimum atomic E-state index is -0.330. The average molecular weight is 475 g/mol. The monoisotopic (exact) mass is 474 g/mol. The number of rotatable bonds is 4. The summed E-state index contributed by atoms with van der Waals surface area (Å²) in [5.74, 6) is -0.384. The third-order valence-corrected chi connectivity index (χ3v) is 7.19. The van der Waals surface area contributed by atoms with Crippen LogP contribution in [0.4, 0.5) is 5.69 Å². The lowest BCUT2D eigenvalue weighted by Crippen LogP contribution is -2.36. The van der Waals surface area contributed by atoms with Crippen molar-refractivity contribution < 1.29 is 14.1 Å². The average Bonchev–Trinajstić information content (AvgIpc) is 3.39. The number of anilines is 1. The topological polar surface area (TPSA) is 88.3 Å². The van der Waals surface area contributed by atoms with Crippen molar-refractivity contribution in [2.75, 3.05) is 18.4 Å². The zero-order chi connectivity index (χ0) is 23.8. The molecule has 5 rings (SSSR count). The summed E-state index contributed by atoms with van der Waals surface area (Å²) < 4.78 is 5.44. The Labute approximate surface area is 201 Å². The smallest absolute Gasteiger partial charge is 0.259 e. The molecule has 0 atom stereocenters. The number of para-hydroxylation sites is 1. The number of nitrogens with zero attached hydrogens (tertiary/aromatic N) is 3. The molecule has 0 radical (unpaired) electrons. The van der Waals surface area contributed by atoms with E-state index in [4.69, 9.17) is 4.52 Å². The number of hydrogen-bond acceptors (Lipinski definition) is 6. The molecule has 1 aliphatic rings. The summed E-state index contributed by atoms with van der Waals surface area (Å²) in [6.45, 7) is 7.36. The first kappa shape index (κ1) is 22.3. The molecule has 4 aromatic rings. The van der Waals surface area contributed by atoms with Crippen LogP contribution in [0.3, 0.4) is 0 Å². The van der Waals surface area contributed by atoms with E-state index in [-0.39, 0.29) is 11.8 Å². The first-order valence-electron chi connectivity index (χ1n) is 11.5. The fourth-order valence-electron chi connectivity index (χ4n) is 4.53. The van der Waals surface area contributed by atoms with E-state index in [1.807, 2.05) is 30.9 Å². The van der Waals surface area contributed by atoms with Crippen molar-refractivity contribution in [1.29, 1.82) is 0 Å². The standard InChI is InChI=1S/C26H26N4O3S/c1-15-13-19(17(3)34-15)22-14-20(23-16(2)29-33-25(23)28-22)24(31)27-21-10-6-5-9-18(21)26(32)30-11-7-4-8-12-30/h5-6,9-10,13-14H,4,7-8,11-12H2,1-3H3,(H,27,31). The molecule has 1 N–H and O–H groups in total. The molecule has 0 spiro atoms. The lowest BCUT2D eigenvalue weighted by molar-refractivity contribution is 0.0725. The van der Waals surface area contributed by atoms with Crippen molar-refractivity contribution in [2.24, 2.45) is 0 Å². The second-order valence-electron chi connectivity index (χ2n) is 8.68. The molecule has 0 aliphatic carbocycles. The predicted molar refractivity (Wildman–Crippen MR) is 133 cm³/mol. The molecule has 8 heteroatoms. The molecule has 7 nitrogen and oxygen atoms in total. The van der Waals surface area contributed by atoms with E-state index in [1.165, 1.54) is 4.88 Å². The maximum absolute atomic E-state index is 13.6. The molecule has 2 amide bonds. The van der Waals surface area contributed by atoms with Gasteiger partial charge in [0.05, 0.1) is 33.6 Å². The quantitative estimate of drug-likeness (QED) is 0.407. The summed E-state index contributed by atoms with van der Waals surface area (Å²) in [6, 6.07) is 11.0. The number of aryl methyl sites for hydroxylation is 3. The Morgan fingerprint density at radius 1 is 1.03 bits per heavy atom. The fraction of sp³-hybridized carbons (Fsp3) is 0.308. The third kappa shape index (κ3) is 4.09. The van der Waals surface area contributed by atoms with Crippen molar-refractivity contribution in [1.82, 2.24) is 15.0 Å². The van der Waals surface area contributed by atoms with Gasteiger partial charge in [-0.2, -0.15) is 0 Å². The Bertz CT molecular complexity index is 1400. The molecular formula is C26H26N4O3S. The van der Waals surface area contributed by atoms with Crippen LogP contribution in [0.25, 0.3) is 22.4 Å². The van der Waals surface area contributed by atoms with E-state index in [9.17, 15) is 9.59 Å². The summed E-state index contributed by atoms with van der Waals surface area (Å²) in [7, 11) is 0. The van der Waals surface area contributed by atoms with Gasteiger partial charge >= 0.3 is 0 Å². The maximum Gasteiger partial charge on any atom is 0.259 e. The molecule has 1 fully saturated rings. The molecule has 34 heavy (non-hydrogen) atoms. The van der Waals surface area contributed by atoms with Gasteiger partial charge in [-0.05, 0) is 64.3 Å². The third-order valence-electron chi connectivity index (χ3n) is 6.23. The number of piperidine rings is 1. The van der Waals surface area contributed by atoms with E-state index < -0.39 is 0 Å². The van der Waals surface area contributed by atoms with E-state index >= 15 is 0 Å². The van der Waals surface area contributed by atoms with E-state index in [1.54, 1.807) is 36.5 Å². The molecule has 0 saturated carbocycles. The van der Waals surface area contributed by atoms with Gasteiger partial charge in [0.25, 0.3) is 17.5 Å². The summed E-state index contributed by atoms with van der Waals surface area (Å²) in [4.78, 5) is 35.5. The first-order chi connectivity index (χ1) is 16.4. The first-order valence-corrected chi connectivity index (χ1v) is 12.3. The molecule has 1 aromatic carbocycles. The Balaban J connectivity index is 1.53. The van der Waals surface area contributed by atoms with Crippen molar-refractivity contribution in [3.05, 3.63) is 63.0 Å². The van der Waals surface area contributed by atoms with Gasteiger partial charge in [-0.3, -0.25) is 9.59 Å². The lowest BCUT2D eigenvalue weighted by atomic mass is 10.0. The number of amides is 2. The number of carbonyl (C=O) groups is 2. The maximum atomic E-state index is 13.6. The normalized spacial score (nSPS) is 13.9. The predicted octanol–water partition coefficient (Wildman–Crippen LogP) is 5.75. The van der Waals surface area contributed by atoms with Gasteiger partial charge in [0.15, 0.2) is 0 Å². The highest BCUT2D eigenvalue weighted by molar-refractivity contribution is 7.12. The number of aromatic nitrogens is 2. The minimum Gasteiger partial charge on any atom is -0.339 e. The van der Waals surface area contributed by atoms with Gasteiger partial charge < -0.3 is 14.7 Å². The van der Waals surface area contributed by atoms with Gasteiger partial charge in [0.1, 0.15) is 0 Å². The van der Waals surface area contributed by atoms with Crippen molar-refractivity contribution >= 4 is 39.9 Å². The molecular weight excluding hydrogens is 448 g/mol. The van der Waals surface area contributed by atoms with Crippen LogP contribution in [0.1, 0.15) is 55.4 Å². The summed E-state index contributed by atoms with van der Waals surface area (Å²) in [5.41, 5.74) is 3.95.